The number of halogens is 4. The topological polar surface area (TPSA) is 42.4 Å². The zero-order chi connectivity index (χ0) is 13.5. The molecule has 1 heterocycles. The Balaban J connectivity index is 2.62. The molecule has 0 spiro atoms. The van der Waals surface area contributed by atoms with Crippen molar-refractivity contribution < 1.29 is 9.63 Å². The predicted octanol–water partition coefficient (Wildman–Crippen LogP) is 3.06. The minimum Gasteiger partial charge on any atom is -0.364 e. The molecule has 0 saturated heterocycles. The first-order valence-electron chi connectivity index (χ1n) is 4.92. The molecule has 0 amide bonds. The van der Waals surface area contributed by atoms with E-state index in [-0.39, 0.29) is 13.1 Å². The van der Waals surface area contributed by atoms with E-state index in [9.17, 15) is 4.79 Å². The van der Waals surface area contributed by atoms with Gasteiger partial charge in [-0.05, 0) is 12.1 Å². The van der Waals surface area contributed by atoms with Gasteiger partial charge >= 0.3 is 5.97 Å². The largest absolute Gasteiger partial charge is 0.364 e. The summed E-state index contributed by atoms with van der Waals surface area (Å²) in [4.78, 5) is 19.2. The number of hydrogen-bond acceptors (Lipinski definition) is 4. The van der Waals surface area contributed by atoms with Gasteiger partial charge in [-0.1, -0.05) is 0 Å². The van der Waals surface area contributed by atoms with Crippen molar-refractivity contribution in [3.05, 3.63) is 30.1 Å². The zero-order valence-corrected chi connectivity index (χ0v) is 12.1. The number of aromatic nitrogens is 1. The summed E-state index contributed by atoms with van der Waals surface area (Å²) in [5.74, 6) is -0.578. The summed E-state index contributed by atoms with van der Waals surface area (Å²) in [6.45, 7) is 0.204. The average molecular weight is 332 g/mol. The van der Waals surface area contributed by atoms with Gasteiger partial charge < -0.3 is 4.84 Å². The summed E-state index contributed by atoms with van der Waals surface area (Å²) in [5, 5.41) is 1.21. The SMILES string of the molecule is O=C(ON(CC(Cl)Cl)CC(Cl)Cl)c1cccnc1. The molecule has 0 N–H and O–H groups in total. The molecule has 0 aliphatic carbocycles. The Morgan fingerprint density at radius 1 is 1.28 bits per heavy atom. The molecule has 8 heteroatoms. The van der Waals surface area contributed by atoms with Crippen molar-refractivity contribution in [2.24, 2.45) is 0 Å². The fourth-order valence-corrected chi connectivity index (χ4v) is 1.73. The molecule has 0 bridgehead atoms. The van der Waals surface area contributed by atoms with Crippen LogP contribution in [0.1, 0.15) is 10.4 Å². The number of hydroxylamine groups is 2. The number of pyridine rings is 1. The fourth-order valence-electron chi connectivity index (χ4n) is 1.11. The minimum absolute atomic E-state index is 0.102. The van der Waals surface area contributed by atoms with Crippen LogP contribution in [-0.2, 0) is 4.84 Å². The van der Waals surface area contributed by atoms with Gasteiger partial charge in [-0.2, -0.15) is 0 Å². The second-order valence-electron chi connectivity index (χ2n) is 3.25. The molecular weight excluding hydrogens is 322 g/mol. The van der Waals surface area contributed by atoms with Crippen LogP contribution in [0.15, 0.2) is 24.5 Å². The molecule has 0 unspecified atom stereocenters. The summed E-state index contributed by atoms with van der Waals surface area (Å²) in [6, 6.07) is 3.20. The van der Waals surface area contributed by atoms with Crippen LogP contribution in [0.4, 0.5) is 0 Å². The lowest BCUT2D eigenvalue weighted by molar-refractivity contribution is -0.104. The Morgan fingerprint density at radius 2 is 1.89 bits per heavy atom. The third kappa shape index (κ3) is 6.07. The maximum absolute atomic E-state index is 11.7. The van der Waals surface area contributed by atoms with Crippen LogP contribution in [0.2, 0.25) is 0 Å². The van der Waals surface area contributed by atoms with Crippen molar-refractivity contribution in [2.45, 2.75) is 9.67 Å². The van der Waals surface area contributed by atoms with Gasteiger partial charge in [0, 0.05) is 12.4 Å². The monoisotopic (exact) mass is 330 g/mol. The van der Waals surface area contributed by atoms with Gasteiger partial charge in [0.1, 0.15) is 9.67 Å². The second kappa shape index (κ2) is 8.02. The highest BCUT2D eigenvalue weighted by atomic mass is 35.5. The van der Waals surface area contributed by atoms with Crippen molar-refractivity contribution in [1.29, 1.82) is 0 Å². The van der Waals surface area contributed by atoms with Crippen molar-refractivity contribution in [1.82, 2.24) is 10.0 Å². The highest BCUT2D eigenvalue weighted by molar-refractivity contribution is 6.45. The van der Waals surface area contributed by atoms with Crippen LogP contribution in [0, 0.1) is 0 Å². The molecule has 0 aliphatic heterocycles. The molecule has 4 nitrogen and oxygen atoms in total. The van der Waals surface area contributed by atoms with E-state index in [0.29, 0.717) is 5.56 Å². The van der Waals surface area contributed by atoms with Crippen LogP contribution in [0.3, 0.4) is 0 Å². The van der Waals surface area contributed by atoms with E-state index in [1.807, 2.05) is 0 Å². The zero-order valence-electron chi connectivity index (χ0n) is 9.10. The minimum atomic E-state index is -0.723. The first kappa shape index (κ1) is 15.8. The maximum Gasteiger partial charge on any atom is 0.358 e. The summed E-state index contributed by atoms with van der Waals surface area (Å²) >= 11 is 22.5. The number of nitrogens with zero attached hydrogens (tertiary/aromatic N) is 2. The molecule has 1 aromatic rings. The van der Waals surface area contributed by atoms with E-state index >= 15 is 0 Å². The molecule has 0 radical (unpaired) electrons. The molecular formula is C10H10Cl4N2O2. The third-order valence-corrected chi connectivity index (χ3v) is 2.34. The third-order valence-electron chi connectivity index (χ3n) is 1.79. The van der Waals surface area contributed by atoms with Crippen molar-refractivity contribution in [2.75, 3.05) is 13.1 Å². The van der Waals surface area contributed by atoms with Crippen LogP contribution < -0.4 is 0 Å². The standard InChI is InChI=1S/C10H10Cl4N2O2/c11-8(12)5-16(6-9(13)14)18-10(17)7-2-1-3-15-4-7/h1-4,8-9H,5-6H2. The molecule has 18 heavy (non-hydrogen) atoms. The number of carbonyl (C=O) groups is 1. The molecule has 100 valence electrons. The van der Waals surface area contributed by atoms with E-state index < -0.39 is 15.6 Å². The van der Waals surface area contributed by atoms with Gasteiger partial charge in [0.25, 0.3) is 0 Å². The van der Waals surface area contributed by atoms with Gasteiger partial charge in [-0.25, -0.2) is 4.79 Å². The van der Waals surface area contributed by atoms with Crippen molar-refractivity contribution in [3.63, 3.8) is 0 Å². The lowest BCUT2D eigenvalue weighted by Crippen LogP contribution is -2.34. The van der Waals surface area contributed by atoms with E-state index in [1.165, 1.54) is 11.3 Å². The first-order valence-corrected chi connectivity index (χ1v) is 6.67. The molecule has 0 fully saturated rings. The number of hydrogen-bond donors (Lipinski definition) is 0. The molecule has 0 atom stereocenters. The molecule has 1 aromatic heterocycles. The van der Waals surface area contributed by atoms with Crippen molar-refractivity contribution in [3.8, 4) is 0 Å². The van der Waals surface area contributed by atoms with Gasteiger partial charge in [-0.15, -0.1) is 51.5 Å². The Morgan fingerprint density at radius 3 is 2.33 bits per heavy atom. The highest BCUT2D eigenvalue weighted by Gasteiger charge is 2.19. The van der Waals surface area contributed by atoms with Gasteiger partial charge in [0.05, 0.1) is 18.7 Å². The predicted molar refractivity (Wildman–Crippen MR) is 72.2 cm³/mol. The normalized spacial score (nSPS) is 11.3. The Bertz CT molecular complexity index is 365. The van der Waals surface area contributed by atoms with Crippen LogP contribution >= 0.6 is 46.4 Å². The lowest BCUT2D eigenvalue weighted by atomic mass is 10.3. The van der Waals surface area contributed by atoms with Crippen LogP contribution in [-0.4, -0.2) is 38.8 Å². The van der Waals surface area contributed by atoms with E-state index in [4.69, 9.17) is 51.2 Å². The first-order chi connectivity index (χ1) is 8.49. The summed E-state index contributed by atoms with van der Waals surface area (Å²) in [7, 11) is 0. The van der Waals surface area contributed by atoms with E-state index in [1.54, 1.807) is 18.3 Å². The maximum atomic E-state index is 11.7. The summed E-state index contributed by atoms with van der Waals surface area (Å²) in [5.41, 5.74) is 0.309. The lowest BCUT2D eigenvalue weighted by Gasteiger charge is -2.21. The smallest absolute Gasteiger partial charge is 0.358 e. The Labute approximate surface area is 125 Å². The number of rotatable bonds is 6. The second-order valence-corrected chi connectivity index (χ2v) is 5.80. The van der Waals surface area contributed by atoms with Gasteiger partial charge in [0.2, 0.25) is 0 Å². The summed E-state index contributed by atoms with van der Waals surface area (Å²) in [6.07, 6.45) is 2.94. The van der Waals surface area contributed by atoms with Crippen LogP contribution in [0.25, 0.3) is 0 Å². The van der Waals surface area contributed by atoms with Crippen LogP contribution in [0.5, 0.6) is 0 Å². The molecule has 0 saturated carbocycles. The van der Waals surface area contributed by atoms with Crippen molar-refractivity contribution >= 4 is 52.4 Å². The van der Waals surface area contributed by atoms with E-state index in [2.05, 4.69) is 4.98 Å². The van der Waals surface area contributed by atoms with E-state index in [0.717, 1.165) is 0 Å². The molecule has 0 aromatic carbocycles. The Hall–Kier alpha value is -0.260. The molecule has 1 rings (SSSR count). The Kier molecular flexibility index (Phi) is 7.04. The quantitative estimate of drug-likeness (QED) is 0.593. The highest BCUT2D eigenvalue weighted by Crippen LogP contribution is 2.12. The summed E-state index contributed by atoms with van der Waals surface area (Å²) < 4.78 is 0. The van der Waals surface area contributed by atoms with Gasteiger partial charge in [-0.3, -0.25) is 4.98 Å². The fraction of sp³-hybridized carbons (Fsp3) is 0.400. The number of alkyl halides is 4. The molecule has 0 aliphatic rings. The average Bonchev–Trinajstić information content (AvgIpc) is 2.28. The number of carbonyl (C=O) groups excluding carboxylic acids is 1. The van der Waals surface area contributed by atoms with Gasteiger partial charge in [0.15, 0.2) is 0 Å².